The Labute approximate surface area is 299 Å². The summed E-state index contributed by atoms with van der Waals surface area (Å²) in [4.78, 5) is 0. The van der Waals surface area contributed by atoms with Crippen LogP contribution < -0.4 is 0 Å². The van der Waals surface area contributed by atoms with Crippen molar-refractivity contribution >= 4 is 29.0 Å². The van der Waals surface area contributed by atoms with Gasteiger partial charge in [0, 0.05) is 0 Å². The molecule has 1 atom stereocenters. The van der Waals surface area contributed by atoms with Crippen LogP contribution in [0.2, 0.25) is 0 Å². The molecule has 2 aliphatic rings. The maximum atomic E-state index is 3.69. The molecule has 2 aliphatic carbocycles. The third-order valence-electron chi connectivity index (χ3n) is 7.48. The van der Waals surface area contributed by atoms with Gasteiger partial charge in [-0.15, -0.1) is 41.5 Å². The van der Waals surface area contributed by atoms with Gasteiger partial charge < -0.3 is 7.43 Å². The summed E-state index contributed by atoms with van der Waals surface area (Å²) >= 11 is 1.30. The van der Waals surface area contributed by atoms with E-state index < -0.39 is 0 Å². The second kappa shape index (κ2) is 18.6. The van der Waals surface area contributed by atoms with E-state index in [4.69, 9.17) is 0 Å². The van der Waals surface area contributed by atoms with E-state index in [1.54, 1.807) is 0 Å². The Hall–Kier alpha value is -1.53. The molecule has 0 bridgehead atoms. The molecule has 0 aromatic heterocycles. The van der Waals surface area contributed by atoms with Crippen LogP contribution in [0, 0.1) is 50.8 Å². The van der Waals surface area contributed by atoms with Gasteiger partial charge in [0.05, 0.1) is 0 Å². The summed E-state index contributed by atoms with van der Waals surface area (Å²) < 4.78 is 3.34. The second-order valence-electron chi connectivity index (χ2n) is 14.3. The summed E-state index contributed by atoms with van der Waals surface area (Å²) in [6, 6.07) is 23.4. The zero-order chi connectivity index (χ0) is 31.2. The topological polar surface area (TPSA) is 0 Å². The summed E-state index contributed by atoms with van der Waals surface area (Å²) in [6.07, 6.45) is 8.68. The van der Waals surface area contributed by atoms with Gasteiger partial charge in [0.15, 0.2) is 0 Å². The van der Waals surface area contributed by atoms with E-state index in [1.165, 1.54) is 74.3 Å². The van der Waals surface area contributed by atoms with E-state index in [-0.39, 0.29) is 43.1 Å². The van der Waals surface area contributed by atoms with E-state index in [1.807, 2.05) is 30.3 Å². The first kappa shape index (κ1) is 44.6. The van der Waals surface area contributed by atoms with Gasteiger partial charge in [0.25, 0.3) is 0 Å². The molecule has 0 N–H and O–H groups in total. The van der Waals surface area contributed by atoms with E-state index in [0.29, 0.717) is 11.3 Å². The molecular weight excluding hydrogens is 655 g/mol. The summed E-state index contributed by atoms with van der Waals surface area (Å²) in [6.45, 7) is 27.1. The first-order valence-electron chi connectivity index (χ1n) is 14.8. The van der Waals surface area contributed by atoms with Gasteiger partial charge in [-0.05, 0) is 35.4 Å². The van der Waals surface area contributed by atoms with E-state index in [9.17, 15) is 0 Å². The van der Waals surface area contributed by atoms with Crippen molar-refractivity contribution in [2.45, 2.75) is 100 Å². The van der Waals surface area contributed by atoms with Crippen LogP contribution in [-0.4, -0.2) is 4.21 Å². The van der Waals surface area contributed by atoms with Gasteiger partial charge in [-0.2, -0.15) is 65.7 Å². The van der Waals surface area contributed by atoms with Crippen LogP contribution in [0.1, 0.15) is 103 Å². The van der Waals surface area contributed by atoms with E-state index in [2.05, 4.69) is 136 Å². The minimum atomic E-state index is 0. The number of benzene rings is 3. The normalized spacial score (nSPS) is 14.2. The predicted octanol–water partition coefficient (Wildman–Crippen LogP) is 12.0. The summed E-state index contributed by atoms with van der Waals surface area (Å²) in [5.41, 5.74) is 13.3. The molecule has 0 radical (unpaired) electrons. The molecule has 3 aromatic rings. The van der Waals surface area contributed by atoms with Crippen molar-refractivity contribution in [3.63, 3.8) is 0 Å². The Morgan fingerprint density at radius 1 is 0.750 bits per heavy atom. The van der Waals surface area contributed by atoms with Crippen LogP contribution >= 0.6 is 24.8 Å². The van der Waals surface area contributed by atoms with Gasteiger partial charge in [-0.1, -0.05) is 111 Å². The Morgan fingerprint density at radius 2 is 1.27 bits per heavy atom. The number of halogens is 2. The largest absolute Gasteiger partial charge is 0.358 e. The average Bonchev–Trinajstić information content (AvgIpc) is 3.47. The van der Waals surface area contributed by atoms with Gasteiger partial charge in [0.1, 0.15) is 0 Å². The number of fused-ring (bicyclic) bond motifs is 3. The van der Waals surface area contributed by atoms with Crippen LogP contribution in [0.3, 0.4) is 0 Å². The molecule has 0 aliphatic heterocycles. The van der Waals surface area contributed by atoms with E-state index in [0.717, 1.165) is 6.42 Å². The van der Waals surface area contributed by atoms with Crippen molar-refractivity contribution in [2.75, 3.05) is 0 Å². The van der Waals surface area contributed by atoms with Crippen LogP contribution in [0.15, 0.2) is 66.3 Å². The molecule has 3 heteroatoms. The second-order valence-corrected chi connectivity index (χ2v) is 14.3. The summed E-state index contributed by atoms with van der Waals surface area (Å²) in [7, 11) is 0. The zero-order valence-electron chi connectivity index (χ0n) is 29.6. The Morgan fingerprint density at radius 3 is 1.64 bits per heavy atom. The standard InChI is InChI=1S/C23H29.C10H15.C6H5.CH3.CH2.2ClH.Zr/c1-14-9-16-11-17-10-15(2)21(23(6,7)8)13-19(17)18(16)12-20(14)22(3,4)5;1-8-5-6-9(7-8)10(2,3)4;1-2-4-6-5-3-1;;;;;/h9,12-13H,11H2,1-8H3;6-8H,1-4H3;1-5H;1H3;1H2;2*1H;/q4*-1;;;;. The van der Waals surface area contributed by atoms with Crippen LogP contribution in [-0.2, 0) is 41.5 Å². The van der Waals surface area contributed by atoms with Crippen molar-refractivity contribution in [3.8, 4) is 11.1 Å². The molecule has 0 amide bonds. The SMILES string of the molecule is CC1[C-]=CC(C(C)(C)C)=C1.Cc1[c-]c2c(cc1C(C)(C)C)-c1cc(C(C)(C)C)c(C)cc1C2.Cl.Cl.[CH2]=[Zr].[CH3-].[c-]1ccccc1. The molecule has 3 aromatic carbocycles. The van der Waals surface area contributed by atoms with Crippen molar-refractivity contribution in [2.24, 2.45) is 11.3 Å². The molecule has 242 valence electrons. The van der Waals surface area contributed by atoms with Gasteiger partial charge in [-0.3, -0.25) is 6.08 Å². The van der Waals surface area contributed by atoms with Gasteiger partial charge >= 0.3 is 28.4 Å². The fourth-order valence-corrected chi connectivity index (χ4v) is 5.42. The Bertz CT molecular complexity index is 1270. The van der Waals surface area contributed by atoms with Crippen LogP contribution in [0.4, 0.5) is 0 Å². The third kappa shape index (κ3) is 12.3. The molecule has 5 rings (SSSR count). The third-order valence-corrected chi connectivity index (χ3v) is 7.48. The Balaban J connectivity index is 0. The first-order chi connectivity index (χ1) is 19.0. The quantitative estimate of drug-likeness (QED) is 0.159. The summed E-state index contributed by atoms with van der Waals surface area (Å²) in [5, 5.41) is 0. The maximum Gasteiger partial charge on any atom is -0.171 e. The minimum absolute atomic E-state index is 0. The van der Waals surface area contributed by atoms with Crippen molar-refractivity contribution in [3.05, 3.63) is 125 Å². The smallest absolute Gasteiger partial charge is 0.171 e. The van der Waals surface area contributed by atoms with Crippen molar-refractivity contribution < 1.29 is 24.2 Å². The number of allylic oxidation sites excluding steroid dienone is 4. The molecule has 0 saturated carbocycles. The van der Waals surface area contributed by atoms with Crippen LogP contribution in [0.25, 0.3) is 11.1 Å². The van der Waals surface area contributed by atoms with Gasteiger partial charge in [-0.25, -0.2) is 6.08 Å². The van der Waals surface area contributed by atoms with Crippen molar-refractivity contribution in [1.29, 1.82) is 0 Å². The van der Waals surface area contributed by atoms with E-state index >= 15 is 0 Å². The van der Waals surface area contributed by atoms with Crippen LogP contribution in [0.5, 0.6) is 0 Å². The minimum Gasteiger partial charge on any atom is -0.358 e. The molecule has 0 fully saturated rings. The predicted molar refractivity (Wildman–Crippen MR) is 198 cm³/mol. The zero-order valence-corrected chi connectivity index (χ0v) is 33.7. The average molecular weight is 711 g/mol. The Kier molecular flexibility index (Phi) is 18.8. The monoisotopic (exact) mass is 708 g/mol. The number of aryl methyl sites for hydroxylation is 2. The van der Waals surface area contributed by atoms with Crippen molar-refractivity contribution in [1.82, 2.24) is 0 Å². The number of hydrogen-bond donors (Lipinski definition) is 0. The fourth-order valence-electron chi connectivity index (χ4n) is 5.42. The fraction of sp³-hybridized carbons (Fsp3) is 0.415. The molecule has 0 nitrogen and oxygen atoms in total. The molecule has 1 unspecified atom stereocenters. The molecule has 0 spiro atoms. The molecular formula is C41H56Cl2Zr-4. The molecule has 44 heavy (non-hydrogen) atoms. The maximum absolute atomic E-state index is 3.69. The number of hydrogen-bond acceptors (Lipinski definition) is 0. The number of rotatable bonds is 0. The summed E-state index contributed by atoms with van der Waals surface area (Å²) in [5.74, 6) is 0.522. The molecule has 0 heterocycles. The molecule has 0 saturated heterocycles. The van der Waals surface area contributed by atoms with Gasteiger partial charge in [0.2, 0.25) is 0 Å². The first-order valence-corrected chi connectivity index (χ1v) is 16.5.